The minimum Gasteiger partial charge on any atom is -0.489 e. The minimum absolute atomic E-state index is 0.194. The topological polar surface area (TPSA) is 56.1 Å². The van der Waals surface area contributed by atoms with Crippen LogP contribution in [0.15, 0.2) is 41.8 Å². The van der Waals surface area contributed by atoms with Crippen LogP contribution in [-0.4, -0.2) is 15.7 Å². The van der Waals surface area contributed by atoms with Crippen molar-refractivity contribution < 1.29 is 13.9 Å². The highest BCUT2D eigenvalue weighted by Gasteiger charge is 2.12. The molecule has 1 N–H and O–H groups in total. The van der Waals surface area contributed by atoms with Gasteiger partial charge in [-0.25, -0.2) is 4.39 Å². The fourth-order valence-corrected chi connectivity index (χ4v) is 2.99. The molecule has 0 atom stereocenters. The van der Waals surface area contributed by atoms with Gasteiger partial charge in [0.25, 0.3) is 5.91 Å². The first kappa shape index (κ1) is 16.2. The van der Waals surface area contributed by atoms with Gasteiger partial charge in [0.2, 0.25) is 0 Å². The van der Waals surface area contributed by atoms with E-state index in [0.29, 0.717) is 16.4 Å². The van der Waals surface area contributed by atoms with Gasteiger partial charge in [-0.1, -0.05) is 6.07 Å². The Bertz CT molecular complexity index is 872. The zero-order valence-electron chi connectivity index (χ0n) is 13.2. The normalized spacial score (nSPS) is 10.6. The second-order valence-electron chi connectivity index (χ2n) is 5.31. The fraction of sp³-hybridized carbons (Fsp3) is 0.176. The van der Waals surface area contributed by atoms with Gasteiger partial charge in [-0.3, -0.25) is 9.48 Å². The number of aromatic nitrogens is 2. The van der Waals surface area contributed by atoms with Crippen molar-refractivity contribution in [1.29, 1.82) is 0 Å². The van der Waals surface area contributed by atoms with Gasteiger partial charge < -0.3 is 10.1 Å². The van der Waals surface area contributed by atoms with Crippen LogP contribution in [0.3, 0.4) is 0 Å². The summed E-state index contributed by atoms with van der Waals surface area (Å²) in [7, 11) is 1.77. The van der Waals surface area contributed by atoms with E-state index in [1.165, 1.54) is 23.5 Å². The van der Waals surface area contributed by atoms with Gasteiger partial charge in [0.1, 0.15) is 24.0 Å². The maximum atomic E-state index is 13.1. The number of carbonyl (C=O) groups is 1. The zero-order valence-corrected chi connectivity index (χ0v) is 14.1. The summed E-state index contributed by atoms with van der Waals surface area (Å²) in [4.78, 5) is 12.9. The van der Waals surface area contributed by atoms with Gasteiger partial charge in [0.05, 0.1) is 10.6 Å². The molecule has 7 heteroatoms. The SMILES string of the molecule is Cc1cc(NC(=O)c2cc(COc3cccc(F)c3)cs2)n(C)n1. The van der Waals surface area contributed by atoms with Gasteiger partial charge in [-0.05, 0) is 30.5 Å². The summed E-state index contributed by atoms with van der Waals surface area (Å²) in [5, 5.41) is 8.86. The lowest BCUT2D eigenvalue weighted by Crippen LogP contribution is -2.13. The van der Waals surface area contributed by atoms with Gasteiger partial charge in [-0.15, -0.1) is 11.3 Å². The molecule has 0 aliphatic heterocycles. The van der Waals surface area contributed by atoms with E-state index in [1.54, 1.807) is 36.0 Å². The average molecular weight is 345 g/mol. The lowest BCUT2D eigenvalue weighted by atomic mass is 10.3. The maximum Gasteiger partial charge on any atom is 0.266 e. The number of thiophene rings is 1. The van der Waals surface area contributed by atoms with Crippen LogP contribution in [0.4, 0.5) is 10.2 Å². The number of carbonyl (C=O) groups excluding carboxylic acids is 1. The second-order valence-corrected chi connectivity index (χ2v) is 6.23. The predicted molar refractivity (Wildman–Crippen MR) is 90.9 cm³/mol. The van der Waals surface area contributed by atoms with E-state index < -0.39 is 0 Å². The third-order valence-corrected chi connectivity index (χ3v) is 4.30. The molecule has 1 aromatic carbocycles. The number of amides is 1. The number of anilines is 1. The summed E-state index contributed by atoms with van der Waals surface area (Å²) < 4.78 is 20.3. The van der Waals surface area contributed by atoms with Crippen molar-refractivity contribution in [1.82, 2.24) is 9.78 Å². The average Bonchev–Trinajstić information content (AvgIpc) is 3.12. The molecule has 5 nitrogen and oxygen atoms in total. The lowest BCUT2D eigenvalue weighted by molar-refractivity contribution is 0.102. The summed E-state index contributed by atoms with van der Waals surface area (Å²) in [5.74, 6) is 0.561. The molecule has 24 heavy (non-hydrogen) atoms. The Balaban J connectivity index is 1.62. The van der Waals surface area contributed by atoms with Crippen molar-refractivity contribution in [2.45, 2.75) is 13.5 Å². The van der Waals surface area contributed by atoms with Gasteiger partial charge in [0.15, 0.2) is 0 Å². The number of hydrogen-bond acceptors (Lipinski definition) is 4. The number of rotatable bonds is 5. The van der Waals surface area contributed by atoms with Crippen molar-refractivity contribution in [3.05, 3.63) is 63.7 Å². The smallest absolute Gasteiger partial charge is 0.266 e. The number of hydrogen-bond donors (Lipinski definition) is 1. The van der Waals surface area contributed by atoms with Crippen LogP contribution in [0.1, 0.15) is 20.9 Å². The fourth-order valence-electron chi connectivity index (χ4n) is 2.20. The van der Waals surface area contributed by atoms with Crippen LogP contribution < -0.4 is 10.1 Å². The third-order valence-electron chi connectivity index (χ3n) is 3.32. The molecule has 3 rings (SSSR count). The van der Waals surface area contributed by atoms with Crippen molar-refractivity contribution >= 4 is 23.1 Å². The van der Waals surface area contributed by atoms with Crippen LogP contribution in [0, 0.1) is 12.7 Å². The van der Waals surface area contributed by atoms with Gasteiger partial charge >= 0.3 is 0 Å². The van der Waals surface area contributed by atoms with Crippen molar-refractivity contribution in [3.8, 4) is 5.75 Å². The Morgan fingerprint density at radius 3 is 2.92 bits per heavy atom. The molecule has 0 saturated carbocycles. The summed E-state index contributed by atoms with van der Waals surface area (Å²) in [6.07, 6.45) is 0. The van der Waals surface area contributed by atoms with Crippen LogP contribution in [0.5, 0.6) is 5.75 Å². The summed E-state index contributed by atoms with van der Waals surface area (Å²) in [5.41, 5.74) is 1.69. The lowest BCUT2D eigenvalue weighted by Gasteiger charge is -2.04. The summed E-state index contributed by atoms with van der Waals surface area (Å²) in [6, 6.07) is 9.54. The maximum absolute atomic E-state index is 13.1. The molecule has 0 aliphatic rings. The Hall–Kier alpha value is -2.67. The molecule has 0 radical (unpaired) electrons. The molecule has 0 spiro atoms. The van der Waals surface area contributed by atoms with Crippen molar-refractivity contribution in [3.63, 3.8) is 0 Å². The van der Waals surface area contributed by atoms with E-state index >= 15 is 0 Å². The molecule has 124 valence electrons. The van der Waals surface area contributed by atoms with Crippen LogP contribution in [-0.2, 0) is 13.7 Å². The Morgan fingerprint density at radius 1 is 1.38 bits per heavy atom. The number of nitrogens with zero attached hydrogens (tertiary/aromatic N) is 2. The Labute approximate surface area is 142 Å². The first-order chi connectivity index (χ1) is 11.5. The Morgan fingerprint density at radius 2 is 2.21 bits per heavy atom. The predicted octanol–water partition coefficient (Wildman–Crippen LogP) is 3.76. The number of nitrogens with one attached hydrogen (secondary N) is 1. The number of halogens is 1. The van der Waals surface area contributed by atoms with Gasteiger partial charge in [0, 0.05) is 24.7 Å². The van der Waals surface area contributed by atoms with E-state index in [2.05, 4.69) is 10.4 Å². The quantitative estimate of drug-likeness (QED) is 0.766. The van der Waals surface area contributed by atoms with Crippen LogP contribution in [0.2, 0.25) is 0 Å². The minimum atomic E-state index is -0.343. The molecule has 1 amide bonds. The van der Waals surface area contributed by atoms with Crippen molar-refractivity contribution in [2.75, 3.05) is 5.32 Å². The van der Waals surface area contributed by atoms with E-state index in [-0.39, 0.29) is 18.3 Å². The summed E-state index contributed by atoms with van der Waals surface area (Å²) >= 11 is 1.33. The second kappa shape index (κ2) is 6.84. The zero-order chi connectivity index (χ0) is 17.1. The van der Waals surface area contributed by atoms with Crippen LogP contribution in [0.25, 0.3) is 0 Å². The third kappa shape index (κ3) is 3.80. The monoisotopic (exact) mass is 345 g/mol. The molecule has 0 saturated heterocycles. The highest BCUT2D eigenvalue weighted by Crippen LogP contribution is 2.20. The van der Waals surface area contributed by atoms with Gasteiger partial charge in [-0.2, -0.15) is 5.10 Å². The molecule has 2 aromatic heterocycles. The molecule has 0 bridgehead atoms. The Kier molecular flexibility index (Phi) is 4.61. The molecule has 0 unspecified atom stereocenters. The standard InChI is InChI=1S/C17H16FN3O2S/c1-11-6-16(21(2)20-11)19-17(22)15-7-12(10-24-15)9-23-14-5-3-4-13(18)8-14/h3-8,10H,9H2,1-2H3,(H,19,22). The van der Waals surface area contributed by atoms with E-state index in [4.69, 9.17) is 4.74 Å². The highest BCUT2D eigenvalue weighted by molar-refractivity contribution is 7.12. The first-order valence-electron chi connectivity index (χ1n) is 7.29. The largest absolute Gasteiger partial charge is 0.489 e. The molecule has 3 aromatic rings. The van der Waals surface area contributed by atoms with Crippen molar-refractivity contribution in [2.24, 2.45) is 7.05 Å². The number of benzene rings is 1. The molecular weight excluding hydrogens is 329 g/mol. The molecule has 2 heterocycles. The number of aryl methyl sites for hydroxylation is 2. The molecule has 0 fully saturated rings. The number of ether oxygens (including phenoxy) is 1. The van der Waals surface area contributed by atoms with Crippen LogP contribution >= 0.6 is 11.3 Å². The molecule has 0 aliphatic carbocycles. The van der Waals surface area contributed by atoms with E-state index in [1.807, 2.05) is 12.3 Å². The van der Waals surface area contributed by atoms with E-state index in [9.17, 15) is 9.18 Å². The van der Waals surface area contributed by atoms with E-state index in [0.717, 1.165) is 11.3 Å². The summed E-state index contributed by atoms with van der Waals surface area (Å²) in [6.45, 7) is 2.14. The first-order valence-corrected chi connectivity index (χ1v) is 8.17. The highest BCUT2D eigenvalue weighted by atomic mass is 32.1. The molecular formula is C17H16FN3O2S.